The Morgan fingerprint density at radius 1 is 1.39 bits per heavy atom. The van der Waals surface area contributed by atoms with Crippen molar-refractivity contribution in [2.45, 2.75) is 11.5 Å². The minimum absolute atomic E-state index is 0.167. The molecular formula is C11H14BrNO3S2. The normalized spacial score (nSPS) is 11.7. The molecule has 0 spiro atoms. The highest BCUT2D eigenvalue weighted by Crippen LogP contribution is 2.33. The molecule has 7 heteroatoms. The predicted octanol–water partition coefficient (Wildman–Crippen LogP) is 2.37. The lowest BCUT2D eigenvalue weighted by molar-refractivity contribution is 0.285. The molecule has 0 aliphatic carbocycles. The molecule has 0 atom stereocenters. The monoisotopic (exact) mass is 351 g/mol. The minimum Gasteiger partial charge on any atom is -0.391 e. The highest BCUT2D eigenvalue weighted by molar-refractivity contribution is 9.11. The molecule has 0 aromatic carbocycles. The summed E-state index contributed by atoms with van der Waals surface area (Å²) in [4.78, 5) is 0.762. The summed E-state index contributed by atoms with van der Waals surface area (Å²) >= 11 is 4.42. The van der Waals surface area contributed by atoms with E-state index in [-0.39, 0.29) is 24.6 Å². The van der Waals surface area contributed by atoms with Gasteiger partial charge in [0.05, 0.1) is 10.4 Å². The Kier molecular flexibility index (Phi) is 5.74. The molecule has 0 aliphatic heterocycles. The number of sulfonamides is 1. The zero-order valence-corrected chi connectivity index (χ0v) is 12.9. The molecule has 100 valence electrons. The summed E-state index contributed by atoms with van der Waals surface area (Å²) < 4.78 is 26.5. The molecule has 1 aromatic heterocycles. The molecule has 0 fully saturated rings. The van der Waals surface area contributed by atoms with Crippen LogP contribution in [-0.4, -0.2) is 30.9 Å². The maximum atomic E-state index is 12.4. The molecule has 0 bridgehead atoms. The van der Waals surface area contributed by atoms with E-state index >= 15 is 0 Å². The van der Waals surface area contributed by atoms with Gasteiger partial charge in [-0.05, 0) is 22.0 Å². The molecular weight excluding hydrogens is 338 g/mol. The van der Waals surface area contributed by atoms with Crippen molar-refractivity contribution >= 4 is 37.3 Å². The second-order valence-corrected chi connectivity index (χ2v) is 7.77. The van der Waals surface area contributed by atoms with Gasteiger partial charge >= 0.3 is 0 Å². The van der Waals surface area contributed by atoms with Crippen molar-refractivity contribution in [1.29, 1.82) is 0 Å². The average Bonchev–Trinajstić information content (AvgIpc) is 2.71. The number of hydrogen-bond acceptors (Lipinski definition) is 4. The third-order valence-corrected chi connectivity index (χ3v) is 6.21. The quantitative estimate of drug-likeness (QED) is 0.767. The fraction of sp³-hybridized carbons (Fsp3) is 0.273. The lowest BCUT2D eigenvalue weighted by Crippen LogP contribution is -2.31. The molecule has 0 unspecified atom stereocenters. The zero-order valence-electron chi connectivity index (χ0n) is 9.67. The second kappa shape index (κ2) is 6.63. The van der Waals surface area contributed by atoms with E-state index in [0.717, 1.165) is 0 Å². The molecule has 0 saturated carbocycles. The number of aliphatic hydroxyl groups excluding tert-OH is 1. The topological polar surface area (TPSA) is 57.6 Å². The van der Waals surface area contributed by atoms with Crippen LogP contribution in [0.4, 0.5) is 0 Å². The Bertz CT molecular complexity index is 526. The number of aliphatic hydroxyl groups is 1. The molecule has 0 amide bonds. The summed E-state index contributed by atoms with van der Waals surface area (Å²) in [6, 6.07) is 1.48. The molecule has 1 rings (SSSR count). The Labute approximate surface area is 119 Å². The van der Waals surface area contributed by atoms with Crippen LogP contribution >= 0.6 is 27.3 Å². The standard InChI is InChI=1S/C11H14BrNO3S2/c1-3-5-13(6-4-2)18(15,16)10-7-9(8-14)17-11(10)12/h3-4,7,14H,1-2,5-6,8H2. The summed E-state index contributed by atoms with van der Waals surface area (Å²) in [6.07, 6.45) is 3.04. The maximum absolute atomic E-state index is 12.4. The van der Waals surface area contributed by atoms with E-state index in [0.29, 0.717) is 8.66 Å². The molecule has 1 heterocycles. The number of nitrogens with zero attached hydrogens (tertiary/aromatic N) is 1. The van der Waals surface area contributed by atoms with E-state index in [2.05, 4.69) is 29.1 Å². The van der Waals surface area contributed by atoms with Crippen LogP contribution in [0.25, 0.3) is 0 Å². The molecule has 4 nitrogen and oxygen atoms in total. The van der Waals surface area contributed by atoms with Crippen molar-refractivity contribution in [2.75, 3.05) is 13.1 Å². The van der Waals surface area contributed by atoms with Gasteiger partial charge < -0.3 is 5.11 Å². The van der Waals surface area contributed by atoms with Crippen molar-refractivity contribution in [3.8, 4) is 0 Å². The lowest BCUT2D eigenvalue weighted by atomic mass is 10.5. The molecule has 0 aliphatic rings. The first-order valence-electron chi connectivity index (χ1n) is 5.08. The van der Waals surface area contributed by atoms with E-state index < -0.39 is 10.0 Å². The fourth-order valence-electron chi connectivity index (χ4n) is 1.35. The van der Waals surface area contributed by atoms with Gasteiger partial charge in [0.15, 0.2) is 0 Å². The smallest absolute Gasteiger partial charge is 0.245 e. The number of hydrogen-bond donors (Lipinski definition) is 1. The SMILES string of the molecule is C=CCN(CC=C)S(=O)(=O)c1cc(CO)sc1Br. The van der Waals surface area contributed by atoms with Crippen LogP contribution in [0.3, 0.4) is 0 Å². The van der Waals surface area contributed by atoms with Crippen molar-refractivity contribution < 1.29 is 13.5 Å². The Hall–Kier alpha value is -0.470. The minimum atomic E-state index is -3.60. The van der Waals surface area contributed by atoms with Gasteiger partial charge in [-0.3, -0.25) is 0 Å². The Balaban J connectivity index is 3.20. The molecule has 1 aromatic rings. The van der Waals surface area contributed by atoms with Crippen molar-refractivity contribution in [3.05, 3.63) is 40.0 Å². The van der Waals surface area contributed by atoms with Crippen LogP contribution in [0.15, 0.2) is 40.1 Å². The van der Waals surface area contributed by atoms with Crippen LogP contribution in [0.1, 0.15) is 4.88 Å². The third-order valence-electron chi connectivity index (χ3n) is 2.15. The van der Waals surface area contributed by atoms with E-state index in [1.807, 2.05) is 0 Å². The van der Waals surface area contributed by atoms with Gasteiger partial charge in [-0.1, -0.05) is 12.2 Å². The average molecular weight is 352 g/mol. The Morgan fingerprint density at radius 3 is 2.33 bits per heavy atom. The van der Waals surface area contributed by atoms with E-state index in [1.54, 1.807) is 0 Å². The van der Waals surface area contributed by atoms with Gasteiger partial charge in [0.25, 0.3) is 0 Å². The van der Waals surface area contributed by atoms with Gasteiger partial charge in [-0.25, -0.2) is 8.42 Å². The van der Waals surface area contributed by atoms with E-state index in [1.165, 1.54) is 33.9 Å². The van der Waals surface area contributed by atoms with E-state index in [4.69, 9.17) is 5.11 Å². The summed E-state index contributed by atoms with van der Waals surface area (Å²) in [6.45, 7) is 7.34. The first-order chi connectivity index (χ1) is 8.47. The first-order valence-corrected chi connectivity index (χ1v) is 8.13. The third kappa shape index (κ3) is 3.30. The highest BCUT2D eigenvalue weighted by atomic mass is 79.9. The predicted molar refractivity (Wildman–Crippen MR) is 77.1 cm³/mol. The van der Waals surface area contributed by atoms with Gasteiger partial charge in [-0.2, -0.15) is 4.31 Å². The highest BCUT2D eigenvalue weighted by Gasteiger charge is 2.26. The van der Waals surface area contributed by atoms with Crippen molar-refractivity contribution in [3.63, 3.8) is 0 Å². The fourth-order valence-corrected chi connectivity index (χ4v) is 5.22. The van der Waals surface area contributed by atoms with Crippen LogP contribution in [0, 0.1) is 0 Å². The van der Waals surface area contributed by atoms with Crippen LogP contribution in [0.5, 0.6) is 0 Å². The lowest BCUT2D eigenvalue weighted by Gasteiger charge is -2.18. The molecule has 0 saturated heterocycles. The van der Waals surface area contributed by atoms with Gasteiger partial charge in [-0.15, -0.1) is 24.5 Å². The summed E-state index contributed by atoms with van der Waals surface area (Å²) in [5, 5.41) is 9.04. The summed E-state index contributed by atoms with van der Waals surface area (Å²) in [7, 11) is -3.60. The van der Waals surface area contributed by atoms with Gasteiger partial charge in [0.1, 0.15) is 4.90 Å². The Morgan fingerprint density at radius 2 is 1.94 bits per heavy atom. The summed E-state index contributed by atoms with van der Waals surface area (Å²) in [5.74, 6) is 0. The second-order valence-electron chi connectivity index (χ2n) is 3.41. The van der Waals surface area contributed by atoms with Crippen LogP contribution < -0.4 is 0 Å². The van der Waals surface area contributed by atoms with Crippen molar-refractivity contribution in [1.82, 2.24) is 4.31 Å². The van der Waals surface area contributed by atoms with Gasteiger partial charge in [0.2, 0.25) is 10.0 Å². The van der Waals surface area contributed by atoms with Crippen LogP contribution in [0.2, 0.25) is 0 Å². The number of halogens is 1. The first kappa shape index (κ1) is 15.6. The number of thiophene rings is 1. The molecule has 0 radical (unpaired) electrons. The van der Waals surface area contributed by atoms with Crippen molar-refractivity contribution in [2.24, 2.45) is 0 Å². The molecule has 18 heavy (non-hydrogen) atoms. The summed E-state index contributed by atoms with van der Waals surface area (Å²) in [5.41, 5.74) is 0. The maximum Gasteiger partial charge on any atom is 0.245 e. The largest absolute Gasteiger partial charge is 0.391 e. The number of rotatable bonds is 7. The van der Waals surface area contributed by atoms with Gasteiger partial charge in [0, 0.05) is 18.0 Å². The van der Waals surface area contributed by atoms with Crippen LogP contribution in [-0.2, 0) is 16.6 Å². The molecule has 1 N–H and O–H groups in total. The zero-order chi connectivity index (χ0) is 13.8. The van der Waals surface area contributed by atoms with E-state index in [9.17, 15) is 8.42 Å².